The molecule has 1 spiro atoms. The second-order valence-electron chi connectivity index (χ2n) is 11.1. The van der Waals surface area contributed by atoms with Crippen molar-refractivity contribution in [1.29, 1.82) is 0 Å². The van der Waals surface area contributed by atoms with Crippen LogP contribution in [0.15, 0.2) is 23.9 Å². The van der Waals surface area contributed by atoms with Gasteiger partial charge in [-0.25, -0.2) is 22.7 Å². The summed E-state index contributed by atoms with van der Waals surface area (Å²) in [6.45, 7) is 7.90. The third kappa shape index (κ3) is 6.83. The normalized spacial score (nSPS) is 18.6. The summed E-state index contributed by atoms with van der Waals surface area (Å²) in [7, 11) is -1.46. The van der Waals surface area contributed by atoms with Crippen molar-refractivity contribution >= 4 is 38.8 Å². The van der Waals surface area contributed by atoms with Crippen molar-refractivity contribution < 1.29 is 23.1 Å². The van der Waals surface area contributed by atoms with Gasteiger partial charge in [-0.1, -0.05) is 11.6 Å². The molecule has 0 unspecified atom stereocenters. The number of likely N-dealkylation sites (N-methyl/N-ethyl adjacent to an activating group) is 1. The van der Waals surface area contributed by atoms with E-state index in [1.807, 2.05) is 6.92 Å². The van der Waals surface area contributed by atoms with Crippen molar-refractivity contribution in [2.75, 3.05) is 57.5 Å². The number of ketones is 1. The summed E-state index contributed by atoms with van der Waals surface area (Å²) in [6.07, 6.45) is 2.10. The molecule has 0 amide bonds. The number of halogens is 1. The number of nitrogens with zero attached hydrogens (tertiary/aromatic N) is 4. The molecule has 1 aromatic heterocycles. The molecule has 0 radical (unpaired) electrons. The Morgan fingerprint density at radius 3 is 2.46 bits per heavy atom. The van der Waals surface area contributed by atoms with Crippen LogP contribution < -0.4 is 20.7 Å². The number of Topliss-reactive ketones (excluding diaryl/α,β-unsaturated/α-hetero) is 1. The lowest BCUT2D eigenvalue weighted by Crippen LogP contribution is -2.61. The zero-order valence-corrected chi connectivity index (χ0v) is 25.8. The van der Waals surface area contributed by atoms with Crippen LogP contribution in [0.1, 0.15) is 37.9 Å². The number of sulfonamides is 1. The van der Waals surface area contributed by atoms with Crippen LogP contribution in [-0.2, 0) is 14.8 Å². The molecule has 2 saturated heterocycles. The maximum Gasteiger partial charge on any atom is 0.211 e. The van der Waals surface area contributed by atoms with Gasteiger partial charge in [-0.3, -0.25) is 4.79 Å². The van der Waals surface area contributed by atoms with E-state index in [1.54, 1.807) is 32.2 Å². The van der Waals surface area contributed by atoms with Gasteiger partial charge in [0.25, 0.3) is 0 Å². The van der Waals surface area contributed by atoms with Gasteiger partial charge in [-0.15, -0.1) is 0 Å². The zero-order valence-electron chi connectivity index (χ0n) is 24.2. The molecule has 2 aliphatic heterocycles. The molecule has 2 aromatic rings. The number of hydrogen-bond donors (Lipinski definition) is 3. The van der Waals surface area contributed by atoms with Crippen LogP contribution in [0.4, 0.5) is 5.82 Å². The van der Waals surface area contributed by atoms with Crippen molar-refractivity contribution in [3.05, 3.63) is 40.2 Å². The lowest BCUT2D eigenvalue weighted by molar-refractivity contribution is -0.111. The number of ether oxygens (including phenoxy) is 1. The molecular formula is C28H39ClN6O5S. The predicted octanol–water partition coefficient (Wildman–Crippen LogP) is 2.21. The number of benzene rings is 1. The van der Waals surface area contributed by atoms with Crippen LogP contribution >= 0.6 is 11.6 Å². The Bertz CT molecular complexity index is 1440. The van der Waals surface area contributed by atoms with E-state index >= 15 is 0 Å². The monoisotopic (exact) mass is 606 g/mol. The van der Waals surface area contributed by atoms with Crippen molar-refractivity contribution in [2.24, 2.45) is 11.1 Å². The van der Waals surface area contributed by atoms with E-state index in [0.717, 1.165) is 18.4 Å². The number of aliphatic hydroxyl groups excluding tert-OH is 1. The van der Waals surface area contributed by atoms with Gasteiger partial charge in [0, 0.05) is 55.0 Å². The van der Waals surface area contributed by atoms with E-state index < -0.39 is 16.1 Å². The molecule has 4 rings (SSSR count). The third-order valence-electron chi connectivity index (χ3n) is 7.77. The standard InChI is InChI=1S/C28H39ClN6O5S/c1-17-25(24(18(2)30)19(3)36)32-26(22-12-21(6-7-23(22)29)40-14-20(37)13-31-4)33-27(17)34-15-28(16-34)8-10-35(11-9-28)41(5,38)39/h6-7,12,20,31,37H,8-11,13-16,30H2,1-5H3/t20-/m1/s1. The van der Waals surface area contributed by atoms with Crippen LogP contribution in [0.25, 0.3) is 17.0 Å². The lowest BCUT2D eigenvalue weighted by atomic mass is 9.72. The van der Waals surface area contributed by atoms with Crippen LogP contribution in [0, 0.1) is 12.3 Å². The first kappa shape index (κ1) is 31.2. The highest BCUT2D eigenvalue weighted by atomic mass is 35.5. The predicted molar refractivity (Wildman–Crippen MR) is 160 cm³/mol. The average Bonchev–Trinajstić information content (AvgIpc) is 2.87. The van der Waals surface area contributed by atoms with E-state index in [1.165, 1.54) is 17.5 Å². The van der Waals surface area contributed by atoms with Crippen molar-refractivity contribution in [3.63, 3.8) is 0 Å². The number of piperidine rings is 1. The fraction of sp³-hybridized carbons (Fsp3) is 0.536. The van der Waals surface area contributed by atoms with Crippen molar-refractivity contribution in [1.82, 2.24) is 19.6 Å². The van der Waals surface area contributed by atoms with Crippen LogP contribution in [0.5, 0.6) is 5.75 Å². The summed E-state index contributed by atoms with van der Waals surface area (Å²) in [5, 5.41) is 13.4. The molecule has 0 saturated carbocycles. The Hall–Kier alpha value is -2.77. The molecule has 1 atom stereocenters. The van der Waals surface area contributed by atoms with Gasteiger partial charge in [-0.05, 0) is 58.9 Å². The molecular weight excluding hydrogens is 568 g/mol. The van der Waals surface area contributed by atoms with E-state index in [0.29, 0.717) is 77.7 Å². The topological polar surface area (TPSA) is 151 Å². The first-order valence-corrected chi connectivity index (χ1v) is 15.8. The number of hydrogen-bond acceptors (Lipinski definition) is 10. The maximum absolute atomic E-state index is 12.7. The van der Waals surface area contributed by atoms with Gasteiger partial charge in [0.1, 0.15) is 24.3 Å². The molecule has 0 bridgehead atoms. The minimum Gasteiger partial charge on any atom is -0.491 e. The summed E-state index contributed by atoms with van der Waals surface area (Å²) in [4.78, 5) is 24.5. The fourth-order valence-electron chi connectivity index (χ4n) is 5.58. The lowest BCUT2D eigenvalue weighted by Gasteiger charge is -2.54. The first-order valence-electron chi connectivity index (χ1n) is 13.6. The van der Waals surface area contributed by atoms with Crippen LogP contribution in [0.2, 0.25) is 5.02 Å². The highest BCUT2D eigenvalue weighted by molar-refractivity contribution is 7.88. The Balaban J connectivity index is 1.70. The molecule has 4 N–H and O–H groups in total. The van der Waals surface area contributed by atoms with Gasteiger partial charge in [0.2, 0.25) is 10.0 Å². The molecule has 13 heteroatoms. The molecule has 1 aromatic carbocycles. The Kier molecular flexibility index (Phi) is 9.29. The number of nitrogens with one attached hydrogen (secondary N) is 1. The smallest absolute Gasteiger partial charge is 0.211 e. The molecule has 41 heavy (non-hydrogen) atoms. The Morgan fingerprint density at radius 2 is 1.90 bits per heavy atom. The van der Waals surface area contributed by atoms with E-state index in [4.69, 9.17) is 32.0 Å². The number of carbonyl (C=O) groups excluding carboxylic acids is 1. The number of nitrogens with two attached hydrogens (primary N) is 1. The zero-order chi connectivity index (χ0) is 30.1. The molecule has 2 fully saturated rings. The summed E-state index contributed by atoms with van der Waals surface area (Å²) >= 11 is 6.62. The van der Waals surface area contributed by atoms with E-state index in [9.17, 15) is 18.3 Å². The third-order valence-corrected chi connectivity index (χ3v) is 9.40. The number of anilines is 1. The van der Waals surface area contributed by atoms with Crippen molar-refractivity contribution in [2.45, 2.75) is 39.7 Å². The second kappa shape index (κ2) is 12.2. The number of aliphatic hydroxyl groups is 1. The van der Waals surface area contributed by atoms with Crippen LogP contribution in [-0.4, -0.2) is 92.3 Å². The Labute approximate surface area is 246 Å². The number of carbonyl (C=O) groups is 1. The van der Waals surface area contributed by atoms with Crippen LogP contribution in [0.3, 0.4) is 0 Å². The molecule has 224 valence electrons. The number of aromatic nitrogens is 2. The van der Waals surface area contributed by atoms with E-state index in [2.05, 4.69) is 10.2 Å². The summed E-state index contributed by atoms with van der Waals surface area (Å²) < 4.78 is 31.3. The van der Waals surface area contributed by atoms with Gasteiger partial charge < -0.3 is 25.8 Å². The minimum atomic E-state index is -3.21. The highest BCUT2D eigenvalue weighted by Gasteiger charge is 2.47. The SMILES string of the molecule is CNC[C@@H](O)COc1ccc(Cl)c(-c2nc(C(C(C)=O)=C(C)N)c(C)c(N3CC4(CCN(S(C)(=O)=O)CC4)C3)n2)c1. The highest BCUT2D eigenvalue weighted by Crippen LogP contribution is 2.44. The quantitative estimate of drug-likeness (QED) is 0.343. The molecule has 2 aliphatic rings. The van der Waals surface area contributed by atoms with Gasteiger partial charge >= 0.3 is 0 Å². The summed E-state index contributed by atoms with van der Waals surface area (Å²) in [6, 6.07) is 5.11. The molecule has 11 nitrogen and oxygen atoms in total. The first-order chi connectivity index (χ1) is 19.2. The largest absolute Gasteiger partial charge is 0.491 e. The number of allylic oxidation sites excluding steroid dienone is 2. The molecule has 3 heterocycles. The second-order valence-corrected chi connectivity index (χ2v) is 13.5. The average molecular weight is 607 g/mol. The Morgan fingerprint density at radius 1 is 1.24 bits per heavy atom. The minimum absolute atomic E-state index is 0.00151. The maximum atomic E-state index is 12.7. The van der Waals surface area contributed by atoms with Crippen molar-refractivity contribution in [3.8, 4) is 17.1 Å². The number of rotatable bonds is 10. The summed E-state index contributed by atoms with van der Waals surface area (Å²) in [5.74, 6) is 1.27. The van der Waals surface area contributed by atoms with Gasteiger partial charge in [-0.2, -0.15) is 0 Å². The van der Waals surface area contributed by atoms with E-state index in [-0.39, 0.29) is 17.8 Å². The molecule has 0 aliphatic carbocycles. The van der Waals surface area contributed by atoms with Gasteiger partial charge in [0.15, 0.2) is 11.6 Å². The fourth-order valence-corrected chi connectivity index (χ4v) is 6.63. The summed E-state index contributed by atoms with van der Waals surface area (Å²) in [5.41, 5.74) is 8.53. The van der Waals surface area contributed by atoms with Gasteiger partial charge in [0.05, 0.1) is 22.5 Å².